The molecule has 0 heterocycles. The van der Waals surface area contributed by atoms with Gasteiger partial charge >= 0.3 is 0 Å². The Morgan fingerprint density at radius 3 is 2.62 bits per heavy atom. The van der Waals surface area contributed by atoms with E-state index in [0.717, 1.165) is 6.07 Å². The second-order valence-electron chi connectivity index (χ2n) is 3.23. The Morgan fingerprint density at radius 1 is 1.19 bits per heavy atom. The maximum atomic E-state index is 13.3. The predicted octanol–water partition coefficient (Wildman–Crippen LogP) is 2.88. The molecular formula is C13H9FNO. The number of carbonyl (C=O) groups is 1. The highest BCUT2D eigenvalue weighted by molar-refractivity contribution is 6.04. The molecule has 2 nitrogen and oxygen atoms in total. The maximum Gasteiger partial charge on any atom is 0.258 e. The summed E-state index contributed by atoms with van der Waals surface area (Å²) < 4.78 is 13.3. The smallest absolute Gasteiger partial charge is 0.258 e. The Bertz CT molecular complexity index is 496. The molecule has 2 aromatic carbocycles. The Hall–Kier alpha value is -2.16. The first-order chi connectivity index (χ1) is 7.77. The lowest BCUT2D eigenvalue weighted by Gasteiger charge is -2.05. The number of benzene rings is 2. The highest BCUT2D eigenvalue weighted by Gasteiger charge is 2.10. The molecule has 0 atom stereocenters. The number of rotatable bonds is 2. The fourth-order valence-electron chi connectivity index (χ4n) is 1.31. The van der Waals surface area contributed by atoms with Gasteiger partial charge in [0.05, 0.1) is 5.56 Å². The van der Waals surface area contributed by atoms with E-state index in [1.54, 1.807) is 24.3 Å². The van der Waals surface area contributed by atoms with Crippen LogP contribution in [0.2, 0.25) is 0 Å². The van der Waals surface area contributed by atoms with Gasteiger partial charge in [0.25, 0.3) is 5.91 Å². The maximum absolute atomic E-state index is 13.3. The largest absolute Gasteiger partial charge is 0.322 e. The summed E-state index contributed by atoms with van der Waals surface area (Å²) in [6.45, 7) is 0. The second kappa shape index (κ2) is 4.57. The molecule has 0 aliphatic rings. The lowest BCUT2D eigenvalue weighted by Crippen LogP contribution is -2.13. The van der Waals surface area contributed by atoms with Gasteiger partial charge in [-0.1, -0.05) is 24.3 Å². The van der Waals surface area contributed by atoms with Crippen LogP contribution in [0.1, 0.15) is 10.4 Å². The Morgan fingerprint density at radius 2 is 1.94 bits per heavy atom. The summed E-state index contributed by atoms with van der Waals surface area (Å²) in [7, 11) is 0. The number of hydrogen-bond acceptors (Lipinski definition) is 1. The van der Waals surface area contributed by atoms with Crippen LogP contribution in [0.5, 0.6) is 0 Å². The van der Waals surface area contributed by atoms with Crippen molar-refractivity contribution in [3.63, 3.8) is 0 Å². The lowest BCUT2D eigenvalue weighted by atomic mass is 10.2. The average Bonchev–Trinajstić information content (AvgIpc) is 2.31. The molecule has 0 aliphatic carbocycles. The van der Waals surface area contributed by atoms with Crippen molar-refractivity contribution in [2.45, 2.75) is 0 Å². The van der Waals surface area contributed by atoms with Crippen molar-refractivity contribution in [1.82, 2.24) is 0 Å². The second-order valence-corrected chi connectivity index (χ2v) is 3.23. The monoisotopic (exact) mass is 214 g/mol. The molecule has 2 rings (SSSR count). The third-order valence-corrected chi connectivity index (χ3v) is 2.09. The van der Waals surface area contributed by atoms with Crippen molar-refractivity contribution in [2.75, 3.05) is 5.32 Å². The van der Waals surface area contributed by atoms with Crippen LogP contribution >= 0.6 is 0 Å². The molecule has 1 radical (unpaired) electrons. The number of carbonyl (C=O) groups excluding carboxylic acids is 1. The molecule has 1 amide bonds. The van der Waals surface area contributed by atoms with E-state index >= 15 is 0 Å². The fourth-order valence-corrected chi connectivity index (χ4v) is 1.31. The molecule has 0 fully saturated rings. The predicted molar refractivity (Wildman–Crippen MR) is 59.6 cm³/mol. The zero-order valence-electron chi connectivity index (χ0n) is 8.41. The van der Waals surface area contributed by atoms with Crippen LogP contribution in [0.15, 0.2) is 48.5 Å². The number of hydrogen-bond donors (Lipinski definition) is 1. The van der Waals surface area contributed by atoms with Crippen molar-refractivity contribution in [3.05, 3.63) is 66.0 Å². The lowest BCUT2D eigenvalue weighted by molar-refractivity contribution is 0.102. The fraction of sp³-hybridized carbons (Fsp3) is 0. The zero-order valence-corrected chi connectivity index (χ0v) is 8.41. The third kappa shape index (κ3) is 2.25. The Balaban J connectivity index is 2.19. The van der Waals surface area contributed by atoms with Gasteiger partial charge < -0.3 is 5.32 Å². The molecule has 0 spiro atoms. The summed E-state index contributed by atoms with van der Waals surface area (Å²) in [5, 5.41) is 2.61. The molecule has 0 unspecified atom stereocenters. The third-order valence-electron chi connectivity index (χ3n) is 2.09. The minimum Gasteiger partial charge on any atom is -0.322 e. The number of para-hydroxylation sites is 1. The van der Waals surface area contributed by atoms with Crippen molar-refractivity contribution in [2.24, 2.45) is 0 Å². The summed E-state index contributed by atoms with van der Waals surface area (Å²) in [6, 6.07) is 15.5. The Labute approximate surface area is 92.7 Å². The topological polar surface area (TPSA) is 29.1 Å². The van der Waals surface area contributed by atoms with Crippen LogP contribution in [0, 0.1) is 11.9 Å². The average molecular weight is 214 g/mol. The van der Waals surface area contributed by atoms with Crippen LogP contribution in [0.4, 0.5) is 10.1 Å². The van der Waals surface area contributed by atoms with Crippen LogP contribution < -0.4 is 5.32 Å². The van der Waals surface area contributed by atoms with Crippen LogP contribution in [-0.4, -0.2) is 5.91 Å². The van der Waals surface area contributed by atoms with Gasteiger partial charge in [0.2, 0.25) is 0 Å². The highest BCUT2D eigenvalue weighted by atomic mass is 19.1. The summed E-state index contributed by atoms with van der Waals surface area (Å²) in [5.41, 5.74) is 0.655. The van der Waals surface area contributed by atoms with E-state index in [4.69, 9.17) is 0 Å². The van der Waals surface area contributed by atoms with E-state index in [-0.39, 0.29) is 5.56 Å². The quantitative estimate of drug-likeness (QED) is 0.818. The zero-order chi connectivity index (χ0) is 11.4. The Kier molecular flexibility index (Phi) is 2.96. The van der Waals surface area contributed by atoms with Crippen molar-refractivity contribution in [1.29, 1.82) is 0 Å². The number of anilines is 1. The minimum atomic E-state index is -0.573. The highest BCUT2D eigenvalue weighted by Crippen LogP contribution is 2.10. The van der Waals surface area contributed by atoms with Crippen LogP contribution in [0.25, 0.3) is 0 Å². The molecular weight excluding hydrogens is 205 g/mol. The molecule has 16 heavy (non-hydrogen) atoms. The van der Waals surface area contributed by atoms with Crippen molar-refractivity contribution < 1.29 is 9.18 Å². The van der Waals surface area contributed by atoms with Gasteiger partial charge in [-0.15, -0.1) is 0 Å². The van der Waals surface area contributed by atoms with E-state index in [1.165, 1.54) is 12.1 Å². The van der Waals surface area contributed by atoms with Gasteiger partial charge in [-0.2, -0.15) is 0 Å². The SMILES string of the molecule is O=C(Nc1ccccc1)c1cc[c]cc1F. The number of amides is 1. The first kappa shape index (κ1) is 10.4. The summed E-state index contributed by atoms with van der Waals surface area (Å²) in [5.74, 6) is -1.03. The van der Waals surface area contributed by atoms with Gasteiger partial charge in [0, 0.05) is 5.69 Å². The molecule has 3 heteroatoms. The summed E-state index contributed by atoms with van der Waals surface area (Å²) >= 11 is 0. The molecule has 0 bridgehead atoms. The summed E-state index contributed by atoms with van der Waals surface area (Å²) in [6.07, 6.45) is 0. The standard InChI is InChI=1S/C13H9FNO/c14-12-9-5-4-8-11(12)13(16)15-10-6-2-1-3-7-10/h1-4,6-9H,(H,15,16). The van der Waals surface area contributed by atoms with E-state index in [0.29, 0.717) is 5.69 Å². The minimum absolute atomic E-state index is 0.0163. The van der Waals surface area contributed by atoms with Gasteiger partial charge in [-0.25, -0.2) is 4.39 Å². The van der Waals surface area contributed by atoms with Gasteiger partial charge in [-0.3, -0.25) is 4.79 Å². The normalized spacial score (nSPS) is 9.81. The van der Waals surface area contributed by atoms with Gasteiger partial charge in [0.15, 0.2) is 0 Å². The van der Waals surface area contributed by atoms with Crippen LogP contribution in [0.3, 0.4) is 0 Å². The van der Waals surface area contributed by atoms with E-state index in [1.807, 2.05) is 6.07 Å². The van der Waals surface area contributed by atoms with Crippen LogP contribution in [-0.2, 0) is 0 Å². The van der Waals surface area contributed by atoms with Crippen molar-refractivity contribution >= 4 is 11.6 Å². The van der Waals surface area contributed by atoms with Gasteiger partial charge in [0.1, 0.15) is 5.82 Å². The molecule has 0 saturated heterocycles. The molecule has 0 saturated carbocycles. The number of halogens is 1. The molecule has 0 aromatic heterocycles. The molecule has 79 valence electrons. The first-order valence-electron chi connectivity index (χ1n) is 4.79. The van der Waals surface area contributed by atoms with E-state index < -0.39 is 11.7 Å². The number of nitrogens with one attached hydrogen (secondary N) is 1. The molecule has 1 N–H and O–H groups in total. The van der Waals surface area contributed by atoms with E-state index in [2.05, 4.69) is 11.4 Å². The summed E-state index contributed by atoms with van der Waals surface area (Å²) in [4.78, 5) is 11.7. The molecule has 2 aromatic rings. The first-order valence-corrected chi connectivity index (χ1v) is 4.79. The van der Waals surface area contributed by atoms with E-state index in [9.17, 15) is 9.18 Å². The van der Waals surface area contributed by atoms with Crippen molar-refractivity contribution in [3.8, 4) is 0 Å². The molecule has 0 aliphatic heterocycles. The van der Waals surface area contributed by atoms with Gasteiger partial charge in [-0.05, 0) is 30.3 Å².